The molecule has 1 heterocycles. The van der Waals surface area contributed by atoms with Crippen LogP contribution in [0.3, 0.4) is 0 Å². The van der Waals surface area contributed by atoms with Gasteiger partial charge in [0, 0.05) is 17.0 Å². The molecule has 0 aliphatic carbocycles. The van der Waals surface area contributed by atoms with Crippen molar-refractivity contribution >= 4 is 28.8 Å². The van der Waals surface area contributed by atoms with Crippen molar-refractivity contribution in [2.24, 2.45) is 0 Å². The van der Waals surface area contributed by atoms with Gasteiger partial charge >= 0.3 is 5.63 Å². The highest BCUT2D eigenvalue weighted by Crippen LogP contribution is 2.29. The normalized spacial score (nSPS) is 11.7. The lowest BCUT2D eigenvalue weighted by Crippen LogP contribution is -2.45. The fraction of sp³-hybridized carbons (Fsp3) is 0.368. The third-order valence-corrected chi connectivity index (χ3v) is 4.10. The number of carbonyl (C=O) groups excluding carboxylic acids is 3. The quantitative estimate of drug-likeness (QED) is 0.576. The van der Waals surface area contributed by atoms with Crippen LogP contribution in [-0.2, 0) is 20.8 Å². The van der Waals surface area contributed by atoms with E-state index in [4.69, 9.17) is 9.15 Å². The van der Waals surface area contributed by atoms with Gasteiger partial charge in [0.15, 0.2) is 6.10 Å². The van der Waals surface area contributed by atoms with E-state index in [0.29, 0.717) is 23.3 Å². The van der Waals surface area contributed by atoms with E-state index in [-0.39, 0.29) is 0 Å². The van der Waals surface area contributed by atoms with Crippen molar-refractivity contribution in [1.29, 1.82) is 0 Å². The predicted molar refractivity (Wildman–Crippen MR) is 97.7 cm³/mol. The average Bonchev–Trinajstić information content (AvgIpc) is 2.66. The molecule has 0 saturated heterocycles. The van der Waals surface area contributed by atoms with Gasteiger partial charge in [-0.05, 0) is 38.0 Å². The molecule has 0 saturated carbocycles. The largest absolute Gasteiger partial charge is 0.548 e. The summed E-state index contributed by atoms with van der Waals surface area (Å²) in [6.45, 7) is 4.12. The molecule has 0 bridgehead atoms. The SMILES string of the molecule is CCc1cc(=O)oc2c(C)c(O[C@H](C)C(=O)NCC(=O)NCC(=O)[O-])ccc12. The summed E-state index contributed by atoms with van der Waals surface area (Å²) >= 11 is 0. The topological polar surface area (TPSA) is 138 Å². The molecule has 0 radical (unpaired) electrons. The average molecular weight is 389 g/mol. The lowest BCUT2D eigenvalue weighted by atomic mass is 10.0. The Hall–Kier alpha value is -3.36. The molecule has 1 atom stereocenters. The molecular formula is C19H21N2O7-. The molecule has 1 aromatic carbocycles. The first-order valence-electron chi connectivity index (χ1n) is 8.70. The van der Waals surface area contributed by atoms with E-state index in [2.05, 4.69) is 10.6 Å². The van der Waals surface area contributed by atoms with Crippen LogP contribution in [0, 0.1) is 6.92 Å². The van der Waals surface area contributed by atoms with Crippen molar-refractivity contribution < 1.29 is 28.6 Å². The van der Waals surface area contributed by atoms with E-state index >= 15 is 0 Å². The monoisotopic (exact) mass is 389 g/mol. The zero-order valence-corrected chi connectivity index (χ0v) is 15.8. The van der Waals surface area contributed by atoms with Crippen molar-refractivity contribution in [3.8, 4) is 5.75 Å². The second kappa shape index (κ2) is 9.03. The van der Waals surface area contributed by atoms with Crippen LogP contribution in [0.4, 0.5) is 0 Å². The Bertz CT molecular complexity index is 965. The van der Waals surface area contributed by atoms with E-state index in [1.54, 1.807) is 19.1 Å². The highest BCUT2D eigenvalue weighted by Gasteiger charge is 2.18. The summed E-state index contributed by atoms with van der Waals surface area (Å²) in [5.74, 6) is -2.29. The van der Waals surface area contributed by atoms with Gasteiger partial charge in [-0.25, -0.2) is 4.79 Å². The molecule has 9 heteroatoms. The van der Waals surface area contributed by atoms with Crippen molar-refractivity contribution in [1.82, 2.24) is 10.6 Å². The summed E-state index contributed by atoms with van der Waals surface area (Å²) in [5.41, 5.74) is 1.37. The lowest BCUT2D eigenvalue weighted by Gasteiger charge is -2.17. The molecule has 0 fully saturated rings. The molecule has 0 aliphatic heterocycles. The van der Waals surface area contributed by atoms with Gasteiger partial charge in [0.1, 0.15) is 11.3 Å². The number of carboxylic acids is 1. The maximum atomic E-state index is 12.1. The van der Waals surface area contributed by atoms with Crippen LogP contribution >= 0.6 is 0 Å². The summed E-state index contributed by atoms with van der Waals surface area (Å²) < 4.78 is 10.9. The first-order valence-corrected chi connectivity index (χ1v) is 8.70. The van der Waals surface area contributed by atoms with Gasteiger partial charge in [-0.3, -0.25) is 9.59 Å². The number of amides is 2. The van der Waals surface area contributed by atoms with E-state index in [0.717, 1.165) is 10.9 Å². The Balaban J connectivity index is 2.08. The van der Waals surface area contributed by atoms with Gasteiger partial charge in [-0.15, -0.1) is 0 Å². The van der Waals surface area contributed by atoms with Gasteiger partial charge in [0.05, 0.1) is 19.1 Å². The number of carbonyl (C=O) groups is 3. The molecule has 0 aliphatic rings. The third-order valence-electron chi connectivity index (χ3n) is 4.10. The van der Waals surface area contributed by atoms with E-state index in [9.17, 15) is 24.3 Å². The number of ether oxygens (including phenoxy) is 1. The number of aliphatic carboxylic acids is 1. The summed E-state index contributed by atoms with van der Waals surface area (Å²) in [4.78, 5) is 45.6. The van der Waals surface area contributed by atoms with Crippen LogP contribution < -0.4 is 26.1 Å². The van der Waals surface area contributed by atoms with Crippen LogP contribution in [0.15, 0.2) is 27.4 Å². The smallest absolute Gasteiger partial charge is 0.336 e. The number of hydrogen-bond acceptors (Lipinski definition) is 7. The third kappa shape index (κ3) is 5.09. The van der Waals surface area contributed by atoms with Crippen LogP contribution in [0.5, 0.6) is 5.75 Å². The second-order valence-electron chi connectivity index (χ2n) is 6.14. The van der Waals surface area contributed by atoms with Crippen molar-refractivity contribution in [2.45, 2.75) is 33.3 Å². The maximum absolute atomic E-state index is 12.1. The molecule has 2 amide bonds. The Morgan fingerprint density at radius 2 is 1.93 bits per heavy atom. The highest BCUT2D eigenvalue weighted by atomic mass is 16.5. The summed E-state index contributed by atoms with van der Waals surface area (Å²) in [5, 5.41) is 15.5. The Morgan fingerprint density at radius 3 is 2.57 bits per heavy atom. The summed E-state index contributed by atoms with van der Waals surface area (Å²) in [6.07, 6.45) is -0.272. The molecule has 2 rings (SSSR count). The van der Waals surface area contributed by atoms with Crippen LogP contribution in [-0.4, -0.2) is 37.0 Å². The highest BCUT2D eigenvalue weighted by molar-refractivity contribution is 5.88. The van der Waals surface area contributed by atoms with Crippen LogP contribution in [0.2, 0.25) is 0 Å². The molecule has 28 heavy (non-hydrogen) atoms. The van der Waals surface area contributed by atoms with E-state index < -0.39 is 42.6 Å². The zero-order chi connectivity index (χ0) is 20.8. The van der Waals surface area contributed by atoms with Gasteiger partial charge in [-0.1, -0.05) is 6.92 Å². The molecule has 150 valence electrons. The molecular weight excluding hydrogens is 368 g/mol. The fourth-order valence-electron chi connectivity index (χ4n) is 2.62. The number of aryl methyl sites for hydroxylation is 2. The second-order valence-corrected chi connectivity index (χ2v) is 6.14. The van der Waals surface area contributed by atoms with Crippen LogP contribution in [0.1, 0.15) is 25.0 Å². The van der Waals surface area contributed by atoms with E-state index in [1.165, 1.54) is 13.0 Å². The Labute approximate surface area is 160 Å². The number of nitrogens with one attached hydrogen (secondary N) is 2. The van der Waals surface area contributed by atoms with Gasteiger partial charge < -0.3 is 29.7 Å². The fourth-order valence-corrected chi connectivity index (χ4v) is 2.62. The lowest BCUT2D eigenvalue weighted by molar-refractivity contribution is -0.304. The van der Waals surface area contributed by atoms with Crippen molar-refractivity contribution in [2.75, 3.05) is 13.1 Å². The molecule has 0 spiro atoms. The minimum absolute atomic E-state index is 0.368. The maximum Gasteiger partial charge on any atom is 0.336 e. The van der Waals surface area contributed by atoms with Crippen molar-refractivity contribution in [3.05, 3.63) is 39.7 Å². The Morgan fingerprint density at radius 1 is 1.21 bits per heavy atom. The Kier molecular flexibility index (Phi) is 6.75. The first-order chi connectivity index (χ1) is 13.2. The number of hydrogen-bond donors (Lipinski definition) is 2. The number of carboxylic acid groups (broad SMARTS) is 1. The predicted octanol–water partition coefficient (Wildman–Crippen LogP) is -0.587. The van der Waals surface area contributed by atoms with E-state index in [1.807, 2.05) is 6.92 Å². The number of fused-ring (bicyclic) bond motifs is 1. The van der Waals surface area contributed by atoms with Gasteiger partial charge in [0.25, 0.3) is 5.91 Å². The van der Waals surface area contributed by atoms with Gasteiger partial charge in [0.2, 0.25) is 5.91 Å². The summed E-state index contributed by atoms with van der Waals surface area (Å²) in [6, 6.07) is 4.90. The molecule has 1 aromatic heterocycles. The molecule has 2 N–H and O–H groups in total. The first kappa shape index (κ1) is 20.9. The standard InChI is InChI=1S/C19H22N2O7/c1-4-12-7-17(25)28-18-10(2)14(6-5-13(12)18)27-11(3)19(26)21-8-15(22)20-9-16(23)24/h5-7,11H,4,8-9H2,1-3H3,(H,20,22)(H,21,26)(H,23,24)/p-1/t11-/m1/s1. The van der Waals surface area contributed by atoms with Crippen molar-refractivity contribution in [3.63, 3.8) is 0 Å². The van der Waals surface area contributed by atoms with Crippen LogP contribution in [0.25, 0.3) is 11.0 Å². The number of rotatable bonds is 8. The number of benzene rings is 1. The zero-order valence-electron chi connectivity index (χ0n) is 15.8. The minimum atomic E-state index is -1.43. The molecule has 2 aromatic rings. The summed E-state index contributed by atoms with van der Waals surface area (Å²) in [7, 11) is 0. The minimum Gasteiger partial charge on any atom is -0.548 e. The molecule has 0 unspecified atom stereocenters. The van der Waals surface area contributed by atoms with Gasteiger partial charge in [-0.2, -0.15) is 0 Å². The molecule has 9 nitrogen and oxygen atoms in total.